The van der Waals surface area contributed by atoms with E-state index in [0.29, 0.717) is 6.04 Å². The molecular formula is C20H35NOSi. The normalized spacial score (nSPS) is 19.0. The van der Waals surface area contributed by atoms with Crippen molar-refractivity contribution in [3.05, 3.63) is 35.4 Å². The summed E-state index contributed by atoms with van der Waals surface area (Å²) in [5.74, 6) is 0. The molecule has 0 bridgehead atoms. The Labute approximate surface area is 144 Å². The van der Waals surface area contributed by atoms with Crippen LogP contribution in [0, 0.1) is 6.92 Å². The van der Waals surface area contributed by atoms with Crippen molar-refractivity contribution < 1.29 is 4.43 Å². The molecule has 2 unspecified atom stereocenters. The van der Waals surface area contributed by atoms with Gasteiger partial charge < -0.3 is 4.43 Å². The van der Waals surface area contributed by atoms with Crippen LogP contribution in [0.3, 0.4) is 0 Å². The number of hydrogen-bond acceptors (Lipinski definition) is 2. The van der Waals surface area contributed by atoms with Gasteiger partial charge in [0.05, 0.1) is 6.10 Å². The van der Waals surface area contributed by atoms with E-state index in [4.69, 9.17) is 4.43 Å². The minimum atomic E-state index is -1.60. The molecule has 1 aromatic rings. The van der Waals surface area contributed by atoms with Gasteiger partial charge in [-0.25, -0.2) is 0 Å². The average Bonchev–Trinajstić information content (AvgIpc) is 3.00. The zero-order valence-corrected chi connectivity index (χ0v) is 16.8. The van der Waals surface area contributed by atoms with Gasteiger partial charge in [-0.15, -0.1) is 0 Å². The lowest BCUT2D eigenvalue weighted by Gasteiger charge is -2.38. The first kappa shape index (κ1) is 18.7. The topological polar surface area (TPSA) is 12.5 Å². The number of likely N-dealkylation sites (tertiary alicyclic amines) is 1. The molecule has 1 saturated heterocycles. The molecule has 0 N–H and O–H groups in total. The molecule has 2 nitrogen and oxygen atoms in total. The lowest BCUT2D eigenvalue weighted by atomic mass is 9.96. The Bertz CT molecular complexity index is 460. The van der Waals surface area contributed by atoms with Crippen LogP contribution in [0.2, 0.25) is 19.6 Å². The summed E-state index contributed by atoms with van der Waals surface area (Å²) >= 11 is 0. The largest absolute Gasteiger partial charge is 0.409 e. The molecule has 0 saturated carbocycles. The molecule has 0 aliphatic carbocycles. The molecule has 0 radical (unpaired) electrons. The summed E-state index contributed by atoms with van der Waals surface area (Å²) in [6, 6.07) is 9.57. The van der Waals surface area contributed by atoms with Crippen molar-refractivity contribution in [3.8, 4) is 0 Å². The minimum absolute atomic E-state index is 0.229. The predicted molar refractivity (Wildman–Crippen MR) is 102 cm³/mol. The molecule has 0 spiro atoms. The Morgan fingerprint density at radius 2 is 1.70 bits per heavy atom. The van der Waals surface area contributed by atoms with E-state index in [-0.39, 0.29) is 6.10 Å². The fourth-order valence-electron chi connectivity index (χ4n) is 3.52. The van der Waals surface area contributed by atoms with Crippen LogP contribution in [0.15, 0.2) is 24.3 Å². The van der Waals surface area contributed by atoms with Gasteiger partial charge in [-0.05, 0) is 64.5 Å². The third-order valence-corrected chi connectivity index (χ3v) is 5.66. The molecule has 0 amide bonds. The van der Waals surface area contributed by atoms with Crippen LogP contribution in [-0.2, 0) is 4.43 Å². The Kier molecular flexibility index (Phi) is 6.87. The average molecular weight is 334 g/mol. The fraction of sp³-hybridized carbons (Fsp3) is 0.700. The molecule has 1 heterocycles. The second-order valence-corrected chi connectivity index (χ2v) is 12.5. The number of nitrogens with zero attached hydrogens (tertiary/aromatic N) is 1. The van der Waals surface area contributed by atoms with E-state index in [0.717, 1.165) is 0 Å². The van der Waals surface area contributed by atoms with E-state index in [1.165, 1.54) is 56.3 Å². The van der Waals surface area contributed by atoms with Gasteiger partial charge in [0.15, 0.2) is 8.32 Å². The van der Waals surface area contributed by atoms with Crippen LogP contribution >= 0.6 is 0 Å². The van der Waals surface area contributed by atoms with Crippen molar-refractivity contribution in [2.45, 2.75) is 77.7 Å². The molecule has 130 valence electrons. The fourth-order valence-corrected chi connectivity index (χ4v) is 4.57. The monoisotopic (exact) mass is 333 g/mol. The number of benzene rings is 1. The van der Waals surface area contributed by atoms with E-state index >= 15 is 0 Å². The van der Waals surface area contributed by atoms with Crippen LogP contribution in [0.25, 0.3) is 0 Å². The predicted octanol–water partition coefficient (Wildman–Crippen LogP) is 5.54. The van der Waals surface area contributed by atoms with Gasteiger partial charge in [-0.2, -0.15) is 0 Å². The lowest BCUT2D eigenvalue weighted by molar-refractivity contribution is 0.0681. The summed E-state index contributed by atoms with van der Waals surface area (Å²) in [5.41, 5.74) is 2.69. The van der Waals surface area contributed by atoms with Gasteiger partial charge in [0.2, 0.25) is 0 Å². The van der Waals surface area contributed by atoms with Crippen LogP contribution in [0.1, 0.15) is 56.3 Å². The van der Waals surface area contributed by atoms with Crippen molar-refractivity contribution in [2.24, 2.45) is 0 Å². The first-order valence-corrected chi connectivity index (χ1v) is 12.8. The van der Waals surface area contributed by atoms with Gasteiger partial charge >= 0.3 is 0 Å². The number of unbranched alkanes of at least 4 members (excludes halogenated alkanes) is 1. The molecule has 2 rings (SSSR count). The number of rotatable bonds is 8. The second-order valence-electron chi connectivity index (χ2n) is 8.01. The van der Waals surface area contributed by atoms with E-state index in [2.05, 4.69) is 62.7 Å². The SMILES string of the molecule is CCCCC(C(O[Si](C)(C)C)c1ccc(C)cc1)N1CCCC1. The highest BCUT2D eigenvalue weighted by Gasteiger charge is 2.33. The van der Waals surface area contributed by atoms with Gasteiger partial charge in [0, 0.05) is 6.04 Å². The summed E-state index contributed by atoms with van der Waals surface area (Å²) < 4.78 is 6.73. The van der Waals surface area contributed by atoms with Gasteiger partial charge in [0.25, 0.3) is 0 Å². The Morgan fingerprint density at radius 3 is 2.22 bits per heavy atom. The van der Waals surface area contributed by atoms with Crippen molar-refractivity contribution in [1.82, 2.24) is 4.90 Å². The van der Waals surface area contributed by atoms with Crippen LogP contribution in [-0.4, -0.2) is 32.3 Å². The smallest absolute Gasteiger partial charge is 0.184 e. The van der Waals surface area contributed by atoms with Crippen molar-refractivity contribution >= 4 is 8.32 Å². The van der Waals surface area contributed by atoms with E-state index < -0.39 is 8.32 Å². The maximum atomic E-state index is 6.73. The molecule has 0 aromatic heterocycles. The van der Waals surface area contributed by atoms with Crippen LogP contribution in [0.4, 0.5) is 0 Å². The molecule has 2 atom stereocenters. The summed E-state index contributed by atoms with van der Waals surface area (Å²) in [4.78, 5) is 2.69. The highest BCUT2D eigenvalue weighted by atomic mass is 28.4. The Balaban J connectivity index is 2.28. The summed E-state index contributed by atoms with van der Waals surface area (Å²) in [6.45, 7) is 13.9. The maximum absolute atomic E-state index is 6.73. The molecule has 3 heteroatoms. The number of aryl methyl sites for hydroxylation is 1. The lowest BCUT2D eigenvalue weighted by Crippen LogP contribution is -2.42. The van der Waals surface area contributed by atoms with Gasteiger partial charge in [-0.3, -0.25) is 4.90 Å². The van der Waals surface area contributed by atoms with E-state index in [1.807, 2.05) is 0 Å². The van der Waals surface area contributed by atoms with E-state index in [1.54, 1.807) is 0 Å². The van der Waals surface area contributed by atoms with Crippen LogP contribution < -0.4 is 0 Å². The highest BCUT2D eigenvalue weighted by Crippen LogP contribution is 2.33. The Hall–Kier alpha value is -0.643. The molecule has 23 heavy (non-hydrogen) atoms. The summed E-state index contributed by atoms with van der Waals surface area (Å²) in [5, 5.41) is 0. The highest BCUT2D eigenvalue weighted by molar-refractivity contribution is 6.69. The molecular weight excluding hydrogens is 298 g/mol. The zero-order valence-electron chi connectivity index (χ0n) is 15.8. The summed E-state index contributed by atoms with van der Waals surface area (Å²) in [7, 11) is -1.60. The zero-order chi connectivity index (χ0) is 16.9. The molecule has 1 aliphatic rings. The Morgan fingerprint density at radius 1 is 1.09 bits per heavy atom. The van der Waals surface area contributed by atoms with Gasteiger partial charge in [-0.1, -0.05) is 49.6 Å². The van der Waals surface area contributed by atoms with Crippen molar-refractivity contribution in [3.63, 3.8) is 0 Å². The quantitative estimate of drug-likeness (QED) is 0.579. The second kappa shape index (κ2) is 8.45. The van der Waals surface area contributed by atoms with Crippen molar-refractivity contribution in [1.29, 1.82) is 0 Å². The summed E-state index contributed by atoms with van der Waals surface area (Å²) in [6.07, 6.45) is 6.72. The van der Waals surface area contributed by atoms with Crippen LogP contribution in [0.5, 0.6) is 0 Å². The third kappa shape index (κ3) is 5.73. The van der Waals surface area contributed by atoms with Crippen molar-refractivity contribution in [2.75, 3.05) is 13.1 Å². The standard InChI is InChI=1S/C20H35NOSi/c1-6-7-10-19(21-15-8-9-16-21)20(22-23(3,4)5)18-13-11-17(2)12-14-18/h11-14,19-20H,6-10,15-16H2,1-5H3. The first-order valence-electron chi connectivity index (χ1n) is 9.39. The molecule has 1 aliphatic heterocycles. The number of hydrogen-bond donors (Lipinski definition) is 0. The first-order chi connectivity index (χ1) is 10.9. The third-order valence-electron chi connectivity index (χ3n) is 4.70. The van der Waals surface area contributed by atoms with Gasteiger partial charge in [0.1, 0.15) is 0 Å². The molecule has 1 aromatic carbocycles. The molecule has 1 fully saturated rings. The van der Waals surface area contributed by atoms with E-state index in [9.17, 15) is 0 Å². The maximum Gasteiger partial charge on any atom is 0.184 e. The minimum Gasteiger partial charge on any atom is -0.409 e.